The Labute approximate surface area is 209 Å². The molecule has 5 atom stereocenters. The SMILES string of the molecule is CO[C@H]1O[C@H](CO)[C@@H](O[Si](C)(C)C(C)(C)C)[C@H](OCc2ccccc2)[C@H]1OC(=O)c1ccccc1. The molecule has 1 fully saturated rings. The summed E-state index contributed by atoms with van der Waals surface area (Å²) in [7, 11) is -0.841. The minimum Gasteiger partial charge on any atom is -0.450 e. The summed E-state index contributed by atoms with van der Waals surface area (Å²) >= 11 is 0. The number of hydrogen-bond donors (Lipinski definition) is 1. The van der Waals surface area contributed by atoms with Gasteiger partial charge >= 0.3 is 5.97 Å². The van der Waals surface area contributed by atoms with E-state index in [1.54, 1.807) is 24.3 Å². The second-order valence-electron chi connectivity index (χ2n) is 10.3. The van der Waals surface area contributed by atoms with Gasteiger partial charge in [0.25, 0.3) is 0 Å². The highest BCUT2D eigenvalue weighted by molar-refractivity contribution is 6.74. The summed E-state index contributed by atoms with van der Waals surface area (Å²) in [4.78, 5) is 13.0. The van der Waals surface area contributed by atoms with Crippen LogP contribution in [0.4, 0.5) is 0 Å². The lowest BCUT2D eigenvalue weighted by atomic mass is 9.98. The minimum atomic E-state index is -2.32. The molecular formula is C27H38O7Si. The van der Waals surface area contributed by atoms with Crippen molar-refractivity contribution in [3.63, 3.8) is 0 Å². The highest BCUT2D eigenvalue weighted by Gasteiger charge is 2.53. The molecule has 3 rings (SSSR count). The van der Waals surface area contributed by atoms with Gasteiger partial charge in [-0.2, -0.15) is 0 Å². The topological polar surface area (TPSA) is 83.5 Å². The van der Waals surface area contributed by atoms with Crippen molar-refractivity contribution in [1.29, 1.82) is 0 Å². The summed E-state index contributed by atoms with van der Waals surface area (Å²) in [6.07, 6.45) is -3.94. The molecule has 1 N–H and O–H groups in total. The van der Waals surface area contributed by atoms with Crippen LogP contribution in [0.3, 0.4) is 0 Å². The fourth-order valence-electron chi connectivity index (χ4n) is 3.72. The zero-order valence-corrected chi connectivity index (χ0v) is 22.5. The molecule has 0 unspecified atom stereocenters. The number of methoxy groups -OCH3 is 1. The zero-order chi connectivity index (χ0) is 25.6. The van der Waals surface area contributed by atoms with Crippen molar-refractivity contribution >= 4 is 14.3 Å². The summed E-state index contributed by atoms with van der Waals surface area (Å²) in [6, 6.07) is 18.5. The first-order valence-corrected chi connectivity index (χ1v) is 14.9. The van der Waals surface area contributed by atoms with Crippen molar-refractivity contribution in [2.24, 2.45) is 0 Å². The molecule has 1 aliphatic rings. The minimum absolute atomic E-state index is 0.0920. The second kappa shape index (κ2) is 11.8. The second-order valence-corrected chi connectivity index (χ2v) is 15.1. The number of carbonyl (C=O) groups is 1. The van der Waals surface area contributed by atoms with Crippen molar-refractivity contribution in [3.05, 3.63) is 71.8 Å². The van der Waals surface area contributed by atoms with E-state index in [4.69, 9.17) is 23.4 Å². The highest BCUT2D eigenvalue weighted by atomic mass is 28.4. The van der Waals surface area contributed by atoms with Crippen molar-refractivity contribution in [3.8, 4) is 0 Å². The number of aliphatic hydroxyl groups is 1. The third kappa shape index (κ3) is 6.78. The lowest BCUT2D eigenvalue weighted by molar-refractivity contribution is -0.299. The molecule has 1 heterocycles. The molecule has 1 saturated heterocycles. The van der Waals surface area contributed by atoms with Crippen LogP contribution < -0.4 is 0 Å². The Morgan fingerprint density at radius 1 is 0.971 bits per heavy atom. The average Bonchev–Trinajstić information content (AvgIpc) is 2.84. The van der Waals surface area contributed by atoms with Crippen molar-refractivity contribution in [1.82, 2.24) is 0 Å². The molecule has 0 saturated carbocycles. The third-order valence-electron chi connectivity index (χ3n) is 6.78. The average molecular weight is 503 g/mol. The van der Waals surface area contributed by atoms with Crippen LogP contribution in [0.5, 0.6) is 0 Å². The molecule has 0 amide bonds. The first-order chi connectivity index (χ1) is 16.6. The quantitative estimate of drug-likeness (QED) is 0.398. The molecule has 1 aliphatic heterocycles. The normalized spacial score (nSPS) is 25.3. The van der Waals surface area contributed by atoms with Crippen LogP contribution in [-0.2, 0) is 30.0 Å². The van der Waals surface area contributed by atoms with Crippen molar-refractivity contribution < 1.29 is 33.3 Å². The summed E-state index contributed by atoms with van der Waals surface area (Å²) in [5.74, 6) is -0.511. The molecule has 0 spiro atoms. The third-order valence-corrected chi connectivity index (χ3v) is 11.3. The van der Waals surface area contributed by atoms with Crippen LogP contribution in [0.2, 0.25) is 18.1 Å². The standard InChI is InChI=1S/C27H38O7Si/c1-27(2,3)35(5,6)34-22-21(17-28)32-26(30-4)24(33-25(29)20-15-11-8-12-16-20)23(22)31-18-19-13-9-7-10-14-19/h7-16,21-24,26,28H,17-18H2,1-6H3/t21-,22-,23+,24-,26+/m1/s1. The van der Waals surface area contributed by atoms with Gasteiger partial charge in [-0.25, -0.2) is 4.79 Å². The molecule has 2 aromatic carbocycles. The van der Waals surface area contributed by atoms with Crippen LogP contribution >= 0.6 is 0 Å². The number of esters is 1. The first-order valence-electron chi connectivity index (χ1n) is 12.0. The predicted molar refractivity (Wildman–Crippen MR) is 135 cm³/mol. The molecular weight excluding hydrogens is 464 g/mol. The Morgan fingerprint density at radius 2 is 1.57 bits per heavy atom. The Hall–Kier alpha value is -2.07. The number of benzene rings is 2. The maximum atomic E-state index is 13.0. The van der Waals surface area contributed by atoms with Gasteiger partial charge in [0.2, 0.25) is 0 Å². The molecule has 0 radical (unpaired) electrons. The maximum absolute atomic E-state index is 13.0. The Kier molecular flexibility index (Phi) is 9.26. The number of aliphatic hydroxyl groups excluding tert-OH is 1. The largest absolute Gasteiger partial charge is 0.450 e. The molecule has 192 valence electrons. The smallest absolute Gasteiger partial charge is 0.338 e. The Bertz CT molecular complexity index is 930. The Morgan fingerprint density at radius 3 is 2.11 bits per heavy atom. The van der Waals surface area contributed by atoms with Crippen molar-refractivity contribution in [2.75, 3.05) is 13.7 Å². The highest BCUT2D eigenvalue weighted by Crippen LogP contribution is 2.40. The van der Waals surface area contributed by atoms with Gasteiger partial charge in [0.1, 0.15) is 18.3 Å². The van der Waals surface area contributed by atoms with Crippen LogP contribution in [0.15, 0.2) is 60.7 Å². The molecule has 7 nitrogen and oxygen atoms in total. The lowest BCUT2D eigenvalue weighted by Gasteiger charge is -2.49. The molecule has 35 heavy (non-hydrogen) atoms. The van der Waals surface area contributed by atoms with Gasteiger partial charge in [-0.05, 0) is 35.8 Å². The number of rotatable bonds is 9. The van der Waals surface area contributed by atoms with Gasteiger partial charge < -0.3 is 28.5 Å². The lowest BCUT2D eigenvalue weighted by Crippen LogP contribution is -2.64. The van der Waals surface area contributed by atoms with E-state index >= 15 is 0 Å². The summed E-state index contributed by atoms with van der Waals surface area (Å²) < 4.78 is 30.7. The van der Waals surface area contributed by atoms with Crippen LogP contribution in [0.1, 0.15) is 36.7 Å². The molecule has 2 aromatic rings. The summed E-state index contributed by atoms with van der Waals surface area (Å²) in [5.41, 5.74) is 1.38. The van der Waals surface area contributed by atoms with E-state index in [9.17, 15) is 9.90 Å². The fraction of sp³-hybridized carbons (Fsp3) is 0.519. The zero-order valence-electron chi connectivity index (χ0n) is 21.5. The van der Waals surface area contributed by atoms with E-state index in [-0.39, 0.29) is 18.3 Å². The number of carbonyl (C=O) groups excluding carboxylic acids is 1. The van der Waals surface area contributed by atoms with E-state index < -0.39 is 45.0 Å². The molecule has 8 heteroatoms. The van der Waals surface area contributed by atoms with E-state index in [1.165, 1.54) is 7.11 Å². The maximum Gasteiger partial charge on any atom is 0.338 e. The summed E-state index contributed by atoms with van der Waals surface area (Å²) in [6.45, 7) is 10.7. The van der Waals surface area contributed by atoms with E-state index in [1.807, 2.05) is 36.4 Å². The molecule has 0 aromatic heterocycles. The number of ether oxygens (including phenoxy) is 4. The Balaban J connectivity index is 1.96. The van der Waals surface area contributed by atoms with Gasteiger partial charge in [0.05, 0.1) is 18.8 Å². The van der Waals surface area contributed by atoms with Gasteiger partial charge in [-0.15, -0.1) is 0 Å². The van der Waals surface area contributed by atoms with Crippen molar-refractivity contribution in [2.45, 2.75) is 76.2 Å². The van der Waals surface area contributed by atoms with E-state index in [0.29, 0.717) is 5.56 Å². The van der Waals surface area contributed by atoms with Crippen LogP contribution in [-0.4, -0.2) is 63.8 Å². The van der Waals surface area contributed by atoms with Gasteiger partial charge in [0.15, 0.2) is 20.7 Å². The summed E-state index contributed by atoms with van der Waals surface area (Å²) in [5, 5.41) is 10.1. The molecule has 0 aliphatic carbocycles. The van der Waals surface area contributed by atoms with Crippen LogP contribution in [0.25, 0.3) is 0 Å². The van der Waals surface area contributed by atoms with Gasteiger partial charge in [-0.1, -0.05) is 69.3 Å². The monoisotopic (exact) mass is 502 g/mol. The fourth-order valence-corrected chi connectivity index (χ4v) is 5.04. The molecule has 0 bridgehead atoms. The van der Waals surface area contributed by atoms with Gasteiger partial charge in [-0.3, -0.25) is 0 Å². The predicted octanol–water partition coefficient (Wildman–Crippen LogP) is 4.55. The van der Waals surface area contributed by atoms with E-state index in [2.05, 4.69) is 33.9 Å². The van der Waals surface area contributed by atoms with Crippen LogP contribution in [0, 0.1) is 0 Å². The van der Waals surface area contributed by atoms with Gasteiger partial charge in [0, 0.05) is 7.11 Å². The number of hydrogen-bond acceptors (Lipinski definition) is 7. The first kappa shape index (κ1) is 27.5. The van der Waals surface area contributed by atoms with E-state index in [0.717, 1.165) is 5.56 Å².